The molecule has 1 aromatic heterocycles. The zero-order valence-electron chi connectivity index (χ0n) is 11.4. The summed E-state index contributed by atoms with van der Waals surface area (Å²) >= 11 is 1.83. The number of hydrogen-bond donors (Lipinski definition) is 1. The van der Waals surface area contributed by atoms with Gasteiger partial charge >= 0.3 is 6.03 Å². The molecule has 0 unspecified atom stereocenters. The molecule has 1 aliphatic rings. The molecule has 0 spiro atoms. The second-order valence-corrected chi connectivity index (χ2v) is 6.94. The van der Waals surface area contributed by atoms with Crippen molar-refractivity contribution in [2.45, 2.75) is 45.1 Å². The number of nitrogens with zero attached hydrogens (tertiary/aromatic N) is 1. The lowest BCUT2D eigenvalue weighted by Crippen LogP contribution is -2.50. The highest BCUT2D eigenvalue weighted by atomic mass is 32.1. The summed E-state index contributed by atoms with van der Waals surface area (Å²) in [4.78, 5) is 15.4. The fraction of sp³-hybridized carbons (Fsp3) is 0.643. The Morgan fingerprint density at radius 2 is 2.06 bits per heavy atom. The largest absolute Gasteiger partial charge is 0.333 e. The quantitative estimate of drug-likeness (QED) is 0.829. The van der Waals surface area contributed by atoms with E-state index in [0.717, 1.165) is 25.9 Å². The molecule has 0 aliphatic carbocycles. The van der Waals surface area contributed by atoms with Crippen LogP contribution in [0.3, 0.4) is 0 Å². The smallest absolute Gasteiger partial charge is 0.317 e. The molecule has 4 heteroatoms. The second-order valence-electron chi connectivity index (χ2n) is 5.96. The van der Waals surface area contributed by atoms with Crippen molar-refractivity contribution in [1.29, 1.82) is 0 Å². The van der Waals surface area contributed by atoms with Crippen molar-refractivity contribution in [3.63, 3.8) is 0 Å². The Bertz CT molecular complexity index is 386. The predicted octanol–water partition coefficient (Wildman–Crippen LogP) is 3.44. The van der Waals surface area contributed by atoms with Gasteiger partial charge in [-0.3, -0.25) is 0 Å². The summed E-state index contributed by atoms with van der Waals surface area (Å²) < 4.78 is 0. The van der Waals surface area contributed by atoms with Gasteiger partial charge in [-0.15, -0.1) is 11.3 Å². The van der Waals surface area contributed by atoms with Crippen LogP contribution in [0.4, 0.5) is 4.79 Å². The first-order valence-electron chi connectivity index (χ1n) is 6.56. The van der Waals surface area contributed by atoms with Crippen LogP contribution in [0.2, 0.25) is 0 Å². The van der Waals surface area contributed by atoms with Gasteiger partial charge in [-0.25, -0.2) is 4.79 Å². The number of urea groups is 1. The van der Waals surface area contributed by atoms with Gasteiger partial charge in [0.15, 0.2) is 0 Å². The molecule has 1 aromatic rings. The SMILES string of the molecule is CC(C)(C)NC(=O)N1CCC(c2cccs2)CC1. The van der Waals surface area contributed by atoms with Gasteiger partial charge in [0.25, 0.3) is 0 Å². The lowest BCUT2D eigenvalue weighted by Gasteiger charge is -2.34. The van der Waals surface area contributed by atoms with Crippen LogP contribution in [0.1, 0.15) is 44.4 Å². The Morgan fingerprint density at radius 1 is 1.39 bits per heavy atom. The maximum absolute atomic E-state index is 12.0. The Morgan fingerprint density at radius 3 is 2.56 bits per heavy atom. The highest BCUT2D eigenvalue weighted by Gasteiger charge is 2.26. The molecule has 1 aliphatic heterocycles. The third kappa shape index (κ3) is 3.48. The number of amides is 2. The molecule has 1 N–H and O–H groups in total. The molecule has 0 saturated carbocycles. The topological polar surface area (TPSA) is 32.3 Å². The van der Waals surface area contributed by atoms with E-state index < -0.39 is 0 Å². The molecule has 0 aromatic carbocycles. The normalized spacial score (nSPS) is 17.8. The minimum atomic E-state index is -0.151. The maximum Gasteiger partial charge on any atom is 0.317 e. The summed E-state index contributed by atoms with van der Waals surface area (Å²) in [7, 11) is 0. The molecule has 2 rings (SSSR count). The summed E-state index contributed by atoms with van der Waals surface area (Å²) in [6.07, 6.45) is 2.16. The van der Waals surface area contributed by atoms with Gasteiger partial charge in [0.1, 0.15) is 0 Å². The van der Waals surface area contributed by atoms with Crippen LogP contribution in [0.5, 0.6) is 0 Å². The zero-order valence-corrected chi connectivity index (χ0v) is 12.2. The second kappa shape index (κ2) is 5.31. The number of likely N-dealkylation sites (tertiary alicyclic amines) is 1. The standard InChI is InChI=1S/C14H22N2OS/c1-14(2,3)15-13(17)16-8-6-11(7-9-16)12-5-4-10-18-12/h4-5,10-11H,6-9H2,1-3H3,(H,15,17). The molecule has 100 valence electrons. The highest BCUT2D eigenvalue weighted by molar-refractivity contribution is 7.10. The van der Waals surface area contributed by atoms with Crippen molar-refractivity contribution in [2.24, 2.45) is 0 Å². The van der Waals surface area contributed by atoms with E-state index in [9.17, 15) is 4.79 Å². The molecule has 18 heavy (non-hydrogen) atoms. The predicted molar refractivity (Wildman–Crippen MR) is 76.2 cm³/mol. The minimum absolute atomic E-state index is 0.0760. The number of piperidine rings is 1. The van der Waals surface area contributed by atoms with E-state index in [2.05, 4.69) is 22.8 Å². The minimum Gasteiger partial charge on any atom is -0.333 e. The van der Waals surface area contributed by atoms with Crippen LogP contribution < -0.4 is 5.32 Å². The molecule has 2 heterocycles. The van der Waals surface area contributed by atoms with Gasteiger partial charge in [-0.1, -0.05) is 6.07 Å². The van der Waals surface area contributed by atoms with E-state index in [0.29, 0.717) is 5.92 Å². The molecular formula is C14H22N2OS. The van der Waals surface area contributed by atoms with Crippen LogP contribution in [-0.2, 0) is 0 Å². The van der Waals surface area contributed by atoms with E-state index in [1.54, 1.807) is 0 Å². The van der Waals surface area contributed by atoms with Crippen LogP contribution in [0.15, 0.2) is 17.5 Å². The summed E-state index contributed by atoms with van der Waals surface area (Å²) in [5.41, 5.74) is -0.151. The van der Waals surface area contributed by atoms with Gasteiger partial charge in [-0.05, 0) is 51.0 Å². The number of rotatable bonds is 1. The van der Waals surface area contributed by atoms with Crippen LogP contribution in [0, 0.1) is 0 Å². The first-order valence-corrected chi connectivity index (χ1v) is 7.44. The average Bonchev–Trinajstić information content (AvgIpc) is 2.80. The zero-order chi connectivity index (χ0) is 13.2. The number of hydrogen-bond acceptors (Lipinski definition) is 2. The number of carbonyl (C=O) groups excluding carboxylic acids is 1. The summed E-state index contributed by atoms with van der Waals surface area (Å²) in [6, 6.07) is 4.39. The van der Waals surface area contributed by atoms with E-state index in [1.807, 2.05) is 37.0 Å². The molecule has 1 fully saturated rings. The number of thiophene rings is 1. The fourth-order valence-electron chi connectivity index (χ4n) is 2.29. The van der Waals surface area contributed by atoms with Crippen molar-refractivity contribution >= 4 is 17.4 Å². The highest BCUT2D eigenvalue weighted by Crippen LogP contribution is 2.30. The average molecular weight is 266 g/mol. The van der Waals surface area contributed by atoms with Gasteiger partial charge < -0.3 is 10.2 Å². The maximum atomic E-state index is 12.0. The lowest BCUT2D eigenvalue weighted by atomic mass is 9.95. The van der Waals surface area contributed by atoms with Crippen molar-refractivity contribution in [2.75, 3.05) is 13.1 Å². The van der Waals surface area contributed by atoms with Gasteiger partial charge in [0.05, 0.1) is 0 Å². The number of nitrogens with one attached hydrogen (secondary N) is 1. The van der Waals surface area contributed by atoms with E-state index in [-0.39, 0.29) is 11.6 Å². The first-order chi connectivity index (χ1) is 8.46. The Kier molecular flexibility index (Phi) is 3.95. The Balaban J connectivity index is 1.85. The van der Waals surface area contributed by atoms with Gasteiger partial charge in [-0.2, -0.15) is 0 Å². The molecule has 0 radical (unpaired) electrons. The van der Waals surface area contributed by atoms with Crippen molar-refractivity contribution in [3.05, 3.63) is 22.4 Å². The number of carbonyl (C=O) groups is 1. The molecule has 0 bridgehead atoms. The van der Waals surface area contributed by atoms with Gasteiger partial charge in [0, 0.05) is 23.5 Å². The summed E-state index contributed by atoms with van der Waals surface area (Å²) in [6.45, 7) is 7.78. The summed E-state index contributed by atoms with van der Waals surface area (Å²) in [5, 5.41) is 5.16. The molecule has 1 saturated heterocycles. The first kappa shape index (κ1) is 13.4. The van der Waals surface area contributed by atoms with Crippen LogP contribution in [-0.4, -0.2) is 29.6 Å². The van der Waals surface area contributed by atoms with Crippen molar-refractivity contribution < 1.29 is 4.79 Å². The van der Waals surface area contributed by atoms with E-state index in [4.69, 9.17) is 0 Å². The Labute approximate surface area is 113 Å². The monoisotopic (exact) mass is 266 g/mol. The van der Waals surface area contributed by atoms with Crippen LogP contribution in [0.25, 0.3) is 0 Å². The van der Waals surface area contributed by atoms with E-state index >= 15 is 0 Å². The molecular weight excluding hydrogens is 244 g/mol. The van der Waals surface area contributed by atoms with Gasteiger partial charge in [0.2, 0.25) is 0 Å². The molecule has 2 amide bonds. The third-order valence-corrected chi connectivity index (χ3v) is 4.24. The van der Waals surface area contributed by atoms with Crippen LogP contribution >= 0.6 is 11.3 Å². The van der Waals surface area contributed by atoms with E-state index in [1.165, 1.54) is 4.88 Å². The van der Waals surface area contributed by atoms with Crippen molar-refractivity contribution in [1.82, 2.24) is 10.2 Å². The van der Waals surface area contributed by atoms with Crippen molar-refractivity contribution in [3.8, 4) is 0 Å². The fourth-order valence-corrected chi connectivity index (χ4v) is 3.19. The lowest BCUT2D eigenvalue weighted by molar-refractivity contribution is 0.173. The third-order valence-electron chi connectivity index (χ3n) is 3.21. The summed E-state index contributed by atoms with van der Waals surface area (Å²) in [5.74, 6) is 0.642. The molecule has 0 atom stereocenters. The Hall–Kier alpha value is -1.03. The molecule has 3 nitrogen and oxygen atoms in total.